The summed E-state index contributed by atoms with van der Waals surface area (Å²) in [4.78, 5) is 0. The van der Waals surface area contributed by atoms with E-state index in [2.05, 4.69) is 70.2 Å². The van der Waals surface area contributed by atoms with Gasteiger partial charge >= 0.3 is 0 Å². The fourth-order valence-electron chi connectivity index (χ4n) is 7.82. The molecule has 0 amide bonds. The highest BCUT2D eigenvalue weighted by Gasteiger charge is 2.45. The van der Waals surface area contributed by atoms with Crippen molar-refractivity contribution in [3.05, 3.63) is 80.9 Å². The Bertz CT molecular complexity index is 1440. The lowest BCUT2D eigenvalue weighted by molar-refractivity contribution is 0.443. The van der Waals surface area contributed by atoms with Crippen molar-refractivity contribution in [3.63, 3.8) is 0 Å². The third kappa shape index (κ3) is 3.05. The molecule has 7 rings (SSSR count). The van der Waals surface area contributed by atoms with E-state index in [-0.39, 0.29) is 0 Å². The molecule has 4 aliphatic rings. The summed E-state index contributed by atoms with van der Waals surface area (Å²) >= 11 is 0. The smallest absolute Gasteiger partial charge is 0.00143 e. The van der Waals surface area contributed by atoms with Gasteiger partial charge < -0.3 is 0 Å². The van der Waals surface area contributed by atoms with Gasteiger partial charge in [0.1, 0.15) is 0 Å². The van der Waals surface area contributed by atoms with Crippen LogP contribution in [0.4, 0.5) is 0 Å². The molecule has 3 atom stereocenters. The molecule has 0 radical (unpaired) electrons. The number of hydrogen-bond donors (Lipinski definition) is 0. The third-order valence-corrected chi connectivity index (χ3v) is 9.82. The van der Waals surface area contributed by atoms with E-state index in [9.17, 15) is 0 Å². The highest BCUT2D eigenvalue weighted by Crippen LogP contribution is 2.62. The van der Waals surface area contributed by atoms with Gasteiger partial charge in [-0.15, -0.1) is 0 Å². The first-order valence-electron chi connectivity index (χ1n) is 14.2. The molecule has 0 aliphatic heterocycles. The molecular formula is C35H38. The first-order chi connectivity index (χ1) is 17.1. The molecule has 1 fully saturated rings. The van der Waals surface area contributed by atoms with Gasteiger partial charge in [-0.25, -0.2) is 0 Å². The van der Waals surface area contributed by atoms with Gasteiger partial charge in [0, 0.05) is 0 Å². The predicted octanol–water partition coefficient (Wildman–Crippen LogP) is 9.92. The molecule has 0 heteroatoms. The van der Waals surface area contributed by atoms with Crippen molar-refractivity contribution >= 4 is 22.4 Å². The van der Waals surface area contributed by atoms with Crippen molar-refractivity contribution in [2.45, 2.75) is 85.0 Å². The first kappa shape index (κ1) is 21.7. The van der Waals surface area contributed by atoms with Gasteiger partial charge in [0.2, 0.25) is 0 Å². The van der Waals surface area contributed by atoms with Crippen LogP contribution in [-0.4, -0.2) is 0 Å². The van der Waals surface area contributed by atoms with Crippen LogP contribution in [-0.2, 0) is 6.42 Å². The van der Waals surface area contributed by atoms with Gasteiger partial charge in [-0.1, -0.05) is 87.6 Å². The van der Waals surface area contributed by atoms with Gasteiger partial charge in [0.15, 0.2) is 0 Å². The highest BCUT2D eigenvalue weighted by molar-refractivity contribution is 6.16. The minimum absolute atomic E-state index is 0.733. The Kier molecular flexibility index (Phi) is 4.92. The SMILES string of the molecule is CCCCC(CC)CC1=C2c3cc(C)c4c(c3-c3c2c(c(C)c2ccccc32)CC1)C1CC1C=C4. The van der Waals surface area contributed by atoms with E-state index in [1.807, 2.05) is 0 Å². The normalized spacial score (nSPS) is 21.6. The Morgan fingerprint density at radius 1 is 0.971 bits per heavy atom. The van der Waals surface area contributed by atoms with Crippen LogP contribution in [0.2, 0.25) is 0 Å². The van der Waals surface area contributed by atoms with Crippen LogP contribution in [0.1, 0.15) is 104 Å². The molecule has 0 aromatic heterocycles. The average Bonchev–Trinajstić information content (AvgIpc) is 3.60. The Labute approximate surface area is 211 Å². The van der Waals surface area contributed by atoms with Crippen LogP contribution in [0.25, 0.3) is 33.5 Å². The minimum Gasteiger partial charge on any atom is -0.0802 e. The van der Waals surface area contributed by atoms with E-state index in [1.165, 1.54) is 78.8 Å². The van der Waals surface area contributed by atoms with Crippen LogP contribution in [0.3, 0.4) is 0 Å². The van der Waals surface area contributed by atoms with E-state index in [1.54, 1.807) is 44.5 Å². The highest BCUT2D eigenvalue weighted by atomic mass is 14.5. The van der Waals surface area contributed by atoms with Gasteiger partial charge in [0.25, 0.3) is 0 Å². The Morgan fingerprint density at radius 3 is 2.60 bits per heavy atom. The Balaban J connectivity index is 1.56. The molecule has 35 heavy (non-hydrogen) atoms. The second kappa shape index (κ2) is 7.95. The lowest BCUT2D eigenvalue weighted by Crippen LogP contribution is -2.10. The number of fused-ring (bicyclic) bond motifs is 9. The molecule has 3 aromatic rings. The van der Waals surface area contributed by atoms with Gasteiger partial charge in [0.05, 0.1) is 0 Å². The van der Waals surface area contributed by atoms with Crippen LogP contribution < -0.4 is 0 Å². The zero-order valence-corrected chi connectivity index (χ0v) is 21.9. The molecule has 0 heterocycles. The Morgan fingerprint density at radius 2 is 1.80 bits per heavy atom. The van der Waals surface area contributed by atoms with Crippen molar-refractivity contribution in [3.8, 4) is 11.1 Å². The molecule has 0 N–H and O–H groups in total. The summed E-state index contributed by atoms with van der Waals surface area (Å²) in [6.07, 6.45) is 15.4. The summed E-state index contributed by atoms with van der Waals surface area (Å²) in [7, 11) is 0. The number of allylic oxidation sites excluding steroid dienone is 2. The maximum absolute atomic E-state index is 2.57. The molecular weight excluding hydrogens is 420 g/mol. The monoisotopic (exact) mass is 458 g/mol. The first-order valence-corrected chi connectivity index (χ1v) is 14.2. The zero-order valence-electron chi connectivity index (χ0n) is 21.9. The minimum atomic E-state index is 0.733. The van der Waals surface area contributed by atoms with Crippen molar-refractivity contribution in [1.29, 1.82) is 0 Å². The summed E-state index contributed by atoms with van der Waals surface area (Å²) < 4.78 is 0. The second-order valence-corrected chi connectivity index (χ2v) is 11.8. The molecule has 3 unspecified atom stereocenters. The van der Waals surface area contributed by atoms with E-state index in [4.69, 9.17) is 0 Å². The summed E-state index contributed by atoms with van der Waals surface area (Å²) in [6.45, 7) is 9.50. The van der Waals surface area contributed by atoms with Crippen molar-refractivity contribution in [1.82, 2.24) is 0 Å². The van der Waals surface area contributed by atoms with E-state index < -0.39 is 0 Å². The standard InChI is InChI=1S/C35H38/c1-5-7-10-22(6-2)18-24-14-16-27-21(4)26-11-8-9-12-28(26)34-33(27)31(24)30-17-20(3)25-15-13-23-19-29(23)32(25)35(30)34/h8-9,11-13,15,17,22-23,29H,5-7,10,14,16,18-19H2,1-4H3. The molecule has 1 saturated carbocycles. The summed E-state index contributed by atoms with van der Waals surface area (Å²) in [6, 6.07) is 11.8. The zero-order chi connectivity index (χ0) is 23.8. The van der Waals surface area contributed by atoms with Crippen LogP contribution in [0.15, 0.2) is 42.0 Å². The van der Waals surface area contributed by atoms with Crippen molar-refractivity contribution in [2.75, 3.05) is 0 Å². The molecule has 4 aliphatic carbocycles. The van der Waals surface area contributed by atoms with Crippen molar-refractivity contribution < 1.29 is 0 Å². The fourth-order valence-corrected chi connectivity index (χ4v) is 7.82. The molecule has 178 valence electrons. The molecule has 0 saturated heterocycles. The lowest BCUT2D eigenvalue weighted by atomic mass is 9.77. The average molecular weight is 459 g/mol. The maximum atomic E-state index is 2.57. The number of benzene rings is 3. The molecule has 0 nitrogen and oxygen atoms in total. The molecule has 0 spiro atoms. The number of aryl methyl sites for hydroxylation is 2. The number of rotatable bonds is 6. The summed E-state index contributed by atoms with van der Waals surface area (Å²) in [5.74, 6) is 2.32. The van der Waals surface area contributed by atoms with Gasteiger partial charge in [-0.2, -0.15) is 0 Å². The largest absolute Gasteiger partial charge is 0.0802 e. The van der Waals surface area contributed by atoms with E-state index in [0.29, 0.717) is 0 Å². The quantitative estimate of drug-likeness (QED) is 0.270. The lowest BCUT2D eigenvalue weighted by Gasteiger charge is -2.27. The molecule has 3 aromatic carbocycles. The topological polar surface area (TPSA) is 0 Å². The predicted molar refractivity (Wildman–Crippen MR) is 151 cm³/mol. The molecule has 0 bridgehead atoms. The number of unbranched alkanes of at least 4 members (excludes halogenated alkanes) is 1. The van der Waals surface area contributed by atoms with Crippen LogP contribution in [0.5, 0.6) is 0 Å². The maximum Gasteiger partial charge on any atom is -0.00143 e. The Hall–Kier alpha value is -2.60. The number of hydrogen-bond acceptors (Lipinski definition) is 0. The van der Waals surface area contributed by atoms with Gasteiger partial charge in [-0.05, 0) is 124 Å². The summed E-state index contributed by atoms with van der Waals surface area (Å²) in [5, 5.41) is 2.95. The van der Waals surface area contributed by atoms with E-state index in [0.717, 1.165) is 17.8 Å². The van der Waals surface area contributed by atoms with Crippen molar-refractivity contribution in [2.24, 2.45) is 11.8 Å². The third-order valence-electron chi connectivity index (χ3n) is 9.82. The van der Waals surface area contributed by atoms with Crippen LogP contribution in [0, 0.1) is 25.7 Å². The van der Waals surface area contributed by atoms with Gasteiger partial charge in [-0.3, -0.25) is 0 Å². The van der Waals surface area contributed by atoms with Crippen LogP contribution >= 0.6 is 0 Å². The fraction of sp³-hybridized carbons (Fsp3) is 0.429. The summed E-state index contributed by atoms with van der Waals surface area (Å²) in [5.41, 5.74) is 17.7. The second-order valence-electron chi connectivity index (χ2n) is 11.8. The van der Waals surface area contributed by atoms with E-state index >= 15 is 0 Å².